The number of aliphatic hydroxyl groups excluding tert-OH is 1. The van der Waals surface area contributed by atoms with Crippen molar-refractivity contribution in [3.05, 3.63) is 45.4 Å². The van der Waals surface area contributed by atoms with E-state index in [2.05, 4.69) is 10.3 Å². The van der Waals surface area contributed by atoms with Gasteiger partial charge in [0.25, 0.3) is 0 Å². The number of hydrogen-bond donors (Lipinski definition) is 2. The molecule has 1 aromatic carbocycles. The number of aliphatic hydroxyl groups is 1. The molecule has 0 aliphatic carbocycles. The molecule has 0 saturated heterocycles. The van der Waals surface area contributed by atoms with E-state index < -0.39 is 0 Å². The second-order valence-corrected chi connectivity index (χ2v) is 5.31. The van der Waals surface area contributed by atoms with Crippen LogP contribution in [0.5, 0.6) is 0 Å². The van der Waals surface area contributed by atoms with E-state index >= 15 is 0 Å². The summed E-state index contributed by atoms with van der Waals surface area (Å²) >= 11 is 1.39. The summed E-state index contributed by atoms with van der Waals surface area (Å²) in [6, 6.07) is 5.83. The lowest BCUT2D eigenvalue weighted by Gasteiger charge is -2.09. The fraction of sp³-hybridized carbons (Fsp3) is 0.286. The smallest absolute Gasteiger partial charge is 0.231 e. The van der Waals surface area contributed by atoms with E-state index in [1.54, 1.807) is 5.38 Å². The number of nitrogens with one attached hydrogen (secondary N) is 1. The summed E-state index contributed by atoms with van der Waals surface area (Å²) in [4.78, 5) is 16.1. The van der Waals surface area contributed by atoms with E-state index in [0.717, 1.165) is 16.8 Å². The number of rotatable bonds is 4. The van der Waals surface area contributed by atoms with Gasteiger partial charge in [-0.3, -0.25) is 4.79 Å². The minimum absolute atomic E-state index is 0.0882. The number of aryl methyl sites for hydroxylation is 1. The van der Waals surface area contributed by atoms with Crippen molar-refractivity contribution in [3.8, 4) is 0 Å². The van der Waals surface area contributed by atoms with Crippen molar-refractivity contribution < 1.29 is 9.90 Å². The maximum Gasteiger partial charge on any atom is 0.231 e. The van der Waals surface area contributed by atoms with E-state index in [1.807, 2.05) is 32.0 Å². The van der Waals surface area contributed by atoms with Gasteiger partial charge in [-0.2, -0.15) is 0 Å². The van der Waals surface area contributed by atoms with Gasteiger partial charge in [0.05, 0.1) is 18.7 Å². The first-order valence-electron chi connectivity index (χ1n) is 6.00. The Hall–Kier alpha value is -1.72. The van der Waals surface area contributed by atoms with Crippen LogP contribution >= 0.6 is 11.3 Å². The zero-order chi connectivity index (χ0) is 13.8. The summed E-state index contributed by atoms with van der Waals surface area (Å²) < 4.78 is 0. The van der Waals surface area contributed by atoms with Gasteiger partial charge in [0.1, 0.15) is 5.01 Å². The molecule has 19 heavy (non-hydrogen) atoms. The number of carbonyl (C=O) groups excluding carboxylic acids is 1. The lowest BCUT2D eigenvalue weighted by molar-refractivity contribution is -0.115. The van der Waals surface area contributed by atoms with Gasteiger partial charge in [-0.25, -0.2) is 4.98 Å². The largest absolute Gasteiger partial charge is 0.390 e. The average molecular weight is 276 g/mol. The minimum Gasteiger partial charge on any atom is -0.390 e. The average Bonchev–Trinajstić information content (AvgIpc) is 2.82. The topological polar surface area (TPSA) is 62.2 Å². The van der Waals surface area contributed by atoms with E-state index in [0.29, 0.717) is 10.7 Å². The number of anilines is 1. The van der Waals surface area contributed by atoms with E-state index in [4.69, 9.17) is 5.11 Å². The Bertz CT molecular complexity index is 593. The van der Waals surface area contributed by atoms with Gasteiger partial charge >= 0.3 is 0 Å². The lowest BCUT2D eigenvalue weighted by atomic mass is 10.1. The molecule has 0 bridgehead atoms. The Morgan fingerprint density at radius 3 is 2.89 bits per heavy atom. The van der Waals surface area contributed by atoms with Crippen LogP contribution in [0.1, 0.15) is 21.8 Å². The highest BCUT2D eigenvalue weighted by atomic mass is 32.1. The highest BCUT2D eigenvalue weighted by molar-refractivity contribution is 7.09. The molecule has 2 aromatic rings. The fourth-order valence-corrected chi connectivity index (χ4v) is 2.50. The van der Waals surface area contributed by atoms with Crippen LogP contribution in [-0.4, -0.2) is 16.0 Å². The zero-order valence-corrected chi connectivity index (χ0v) is 11.8. The standard InChI is InChI=1S/C14H16N2O2S/c1-9-4-3-5-12(10(9)2)16-13(18)6-14-15-11(7-17)8-19-14/h3-5,8,17H,6-7H2,1-2H3,(H,16,18). The van der Waals surface area contributed by atoms with Gasteiger partial charge in [0.15, 0.2) is 0 Å². The van der Waals surface area contributed by atoms with Crippen molar-refractivity contribution in [1.82, 2.24) is 4.98 Å². The molecule has 0 unspecified atom stereocenters. The quantitative estimate of drug-likeness (QED) is 0.901. The van der Waals surface area contributed by atoms with Gasteiger partial charge in [-0.15, -0.1) is 11.3 Å². The molecule has 1 amide bonds. The molecule has 0 fully saturated rings. The van der Waals surface area contributed by atoms with Crippen LogP contribution in [0.15, 0.2) is 23.6 Å². The molecule has 0 radical (unpaired) electrons. The molecule has 0 spiro atoms. The number of carbonyl (C=O) groups is 1. The molecular formula is C14H16N2O2S. The molecule has 100 valence electrons. The van der Waals surface area contributed by atoms with E-state index in [1.165, 1.54) is 11.3 Å². The summed E-state index contributed by atoms with van der Waals surface area (Å²) in [5, 5.41) is 14.3. The Labute approximate surface area is 116 Å². The number of thiazole rings is 1. The predicted octanol–water partition coefficient (Wildman–Crippen LogP) is 2.43. The molecule has 1 heterocycles. The number of aromatic nitrogens is 1. The third kappa shape index (κ3) is 3.39. The summed E-state index contributed by atoms with van der Waals surface area (Å²) in [5.41, 5.74) is 3.67. The van der Waals surface area contributed by atoms with Crippen molar-refractivity contribution in [3.63, 3.8) is 0 Å². The Morgan fingerprint density at radius 1 is 1.42 bits per heavy atom. The molecular weight excluding hydrogens is 260 g/mol. The first-order chi connectivity index (χ1) is 9.10. The summed E-state index contributed by atoms with van der Waals surface area (Å²) in [6.45, 7) is 3.91. The molecule has 1 aromatic heterocycles. The highest BCUT2D eigenvalue weighted by Gasteiger charge is 2.09. The third-order valence-electron chi connectivity index (χ3n) is 2.95. The molecule has 0 aliphatic rings. The van der Waals surface area contributed by atoms with Crippen LogP contribution in [0, 0.1) is 13.8 Å². The summed E-state index contributed by atoms with van der Waals surface area (Å²) in [7, 11) is 0. The van der Waals surface area contributed by atoms with Crippen molar-refractivity contribution in [2.45, 2.75) is 26.9 Å². The second kappa shape index (κ2) is 5.95. The van der Waals surface area contributed by atoms with Crippen molar-refractivity contribution in [2.75, 3.05) is 5.32 Å². The number of benzene rings is 1. The molecule has 0 atom stereocenters. The monoisotopic (exact) mass is 276 g/mol. The molecule has 5 heteroatoms. The number of hydrogen-bond acceptors (Lipinski definition) is 4. The zero-order valence-electron chi connectivity index (χ0n) is 10.9. The maximum absolute atomic E-state index is 11.9. The minimum atomic E-state index is -0.0902. The first kappa shape index (κ1) is 13.7. The van der Waals surface area contributed by atoms with Crippen LogP contribution < -0.4 is 5.32 Å². The van der Waals surface area contributed by atoms with Gasteiger partial charge in [0.2, 0.25) is 5.91 Å². The molecule has 0 saturated carbocycles. The Balaban J connectivity index is 2.03. The SMILES string of the molecule is Cc1cccc(NC(=O)Cc2nc(CO)cs2)c1C. The Kier molecular flexibility index (Phi) is 4.29. The summed E-state index contributed by atoms with van der Waals surface area (Å²) in [6.07, 6.45) is 0.234. The van der Waals surface area contributed by atoms with Gasteiger partial charge < -0.3 is 10.4 Å². The van der Waals surface area contributed by atoms with Crippen molar-refractivity contribution >= 4 is 22.9 Å². The van der Waals surface area contributed by atoms with Gasteiger partial charge in [-0.1, -0.05) is 12.1 Å². The normalized spacial score (nSPS) is 10.5. The second-order valence-electron chi connectivity index (χ2n) is 4.36. The number of nitrogens with zero attached hydrogens (tertiary/aromatic N) is 1. The highest BCUT2D eigenvalue weighted by Crippen LogP contribution is 2.18. The van der Waals surface area contributed by atoms with Crippen LogP contribution in [0.2, 0.25) is 0 Å². The van der Waals surface area contributed by atoms with Crippen LogP contribution in [0.4, 0.5) is 5.69 Å². The lowest BCUT2D eigenvalue weighted by Crippen LogP contribution is -2.15. The molecule has 4 nitrogen and oxygen atoms in total. The van der Waals surface area contributed by atoms with Crippen LogP contribution in [-0.2, 0) is 17.8 Å². The van der Waals surface area contributed by atoms with E-state index in [-0.39, 0.29) is 18.9 Å². The van der Waals surface area contributed by atoms with Gasteiger partial charge in [0, 0.05) is 11.1 Å². The van der Waals surface area contributed by atoms with Crippen molar-refractivity contribution in [1.29, 1.82) is 0 Å². The first-order valence-corrected chi connectivity index (χ1v) is 6.88. The van der Waals surface area contributed by atoms with E-state index in [9.17, 15) is 4.79 Å². The van der Waals surface area contributed by atoms with Gasteiger partial charge in [-0.05, 0) is 31.0 Å². The fourth-order valence-electron chi connectivity index (χ4n) is 1.72. The Morgan fingerprint density at radius 2 is 2.21 bits per heavy atom. The molecule has 0 aliphatic heterocycles. The van der Waals surface area contributed by atoms with Crippen LogP contribution in [0.3, 0.4) is 0 Å². The predicted molar refractivity (Wildman–Crippen MR) is 76.3 cm³/mol. The number of amides is 1. The molecule has 2 rings (SSSR count). The van der Waals surface area contributed by atoms with Crippen molar-refractivity contribution in [2.24, 2.45) is 0 Å². The van der Waals surface area contributed by atoms with Crippen LogP contribution in [0.25, 0.3) is 0 Å². The maximum atomic E-state index is 11.9. The third-order valence-corrected chi connectivity index (χ3v) is 3.85. The molecule has 2 N–H and O–H groups in total. The summed E-state index contributed by atoms with van der Waals surface area (Å²) in [5.74, 6) is -0.0902.